The van der Waals surface area contributed by atoms with Crippen LogP contribution in [-0.4, -0.2) is 22.8 Å². The summed E-state index contributed by atoms with van der Waals surface area (Å²) < 4.78 is 5.58. The Morgan fingerprint density at radius 3 is 2.42 bits per heavy atom. The fraction of sp³-hybridized carbons (Fsp3) is 0.533. The van der Waals surface area contributed by atoms with Crippen LogP contribution in [0.1, 0.15) is 37.8 Å². The second-order valence-electron chi connectivity index (χ2n) is 5.52. The van der Waals surface area contributed by atoms with E-state index in [-0.39, 0.29) is 5.75 Å². The molecule has 1 aromatic carbocycles. The van der Waals surface area contributed by atoms with Crippen LogP contribution in [0.3, 0.4) is 0 Å². The van der Waals surface area contributed by atoms with Gasteiger partial charge in [-0.15, -0.1) is 0 Å². The van der Waals surface area contributed by atoms with Gasteiger partial charge in [-0.2, -0.15) is 0 Å². The third-order valence-electron chi connectivity index (χ3n) is 3.30. The van der Waals surface area contributed by atoms with E-state index in [2.05, 4.69) is 0 Å². The van der Waals surface area contributed by atoms with Crippen LogP contribution < -0.4 is 4.74 Å². The molecule has 0 spiro atoms. The number of carbonyl (C=O) groups is 1. The smallest absolute Gasteiger partial charge is 0.309 e. The number of hydrogen-bond donors (Lipinski definition) is 2. The number of phenols is 1. The van der Waals surface area contributed by atoms with Gasteiger partial charge in [-0.05, 0) is 51.7 Å². The molecular formula is C15H22O4. The molecule has 0 aliphatic carbocycles. The number of carboxylic acids is 1. The molecule has 1 rings (SSSR count). The van der Waals surface area contributed by atoms with E-state index in [9.17, 15) is 9.90 Å². The normalized spacial score (nSPS) is 11.4. The van der Waals surface area contributed by atoms with Crippen LogP contribution in [0.15, 0.2) is 12.1 Å². The van der Waals surface area contributed by atoms with Crippen molar-refractivity contribution < 1.29 is 19.7 Å². The van der Waals surface area contributed by atoms with Crippen molar-refractivity contribution in [2.75, 3.05) is 6.61 Å². The van der Waals surface area contributed by atoms with E-state index >= 15 is 0 Å². The Labute approximate surface area is 114 Å². The quantitative estimate of drug-likeness (QED) is 0.775. The molecule has 0 heterocycles. The van der Waals surface area contributed by atoms with Gasteiger partial charge in [0.2, 0.25) is 0 Å². The zero-order valence-electron chi connectivity index (χ0n) is 12.0. The van der Waals surface area contributed by atoms with Crippen LogP contribution in [-0.2, 0) is 4.79 Å². The summed E-state index contributed by atoms with van der Waals surface area (Å²) in [6.07, 6.45) is 1.17. The number of rotatable bonds is 6. The Bertz CT molecular complexity index is 463. The van der Waals surface area contributed by atoms with E-state index in [1.54, 1.807) is 13.8 Å². The lowest BCUT2D eigenvalue weighted by atomic mass is 9.88. The standard InChI is InChI=1S/C15H22O4/c1-10-6-7-11(2)13(12(10)16)19-9-5-8-15(3,4)14(17)18/h6-7,16H,5,8-9H2,1-4H3,(H,17,18). The first kappa shape index (κ1) is 15.3. The second kappa shape index (κ2) is 5.95. The number of aryl methyl sites for hydroxylation is 2. The minimum absolute atomic E-state index is 0.164. The molecule has 0 fully saturated rings. The van der Waals surface area contributed by atoms with Gasteiger partial charge in [0.25, 0.3) is 0 Å². The third kappa shape index (κ3) is 3.88. The van der Waals surface area contributed by atoms with Crippen molar-refractivity contribution in [1.29, 1.82) is 0 Å². The molecule has 0 aliphatic heterocycles. The van der Waals surface area contributed by atoms with Crippen molar-refractivity contribution in [3.8, 4) is 11.5 Å². The van der Waals surface area contributed by atoms with Gasteiger partial charge in [0.15, 0.2) is 11.5 Å². The van der Waals surface area contributed by atoms with Crippen molar-refractivity contribution in [1.82, 2.24) is 0 Å². The highest BCUT2D eigenvalue weighted by Crippen LogP contribution is 2.33. The molecule has 0 aromatic heterocycles. The number of aliphatic carboxylic acids is 1. The Morgan fingerprint density at radius 1 is 1.26 bits per heavy atom. The summed E-state index contributed by atoms with van der Waals surface area (Å²) in [6, 6.07) is 3.73. The first-order valence-electron chi connectivity index (χ1n) is 6.41. The van der Waals surface area contributed by atoms with Gasteiger partial charge in [-0.3, -0.25) is 4.79 Å². The fourth-order valence-corrected chi connectivity index (χ4v) is 1.75. The number of ether oxygens (including phenoxy) is 1. The highest BCUT2D eigenvalue weighted by Gasteiger charge is 2.26. The van der Waals surface area contributed by atoms with Crippen molar-refractivity contribution in [3.63, 3.8) is 0 Å². The third-order valence-corrected chi connectivity index (χ3v) is 3.30. The Balaban J connectivity index is 2.55. The van der Waals surface area contributed by atoms with Crippen LogP contribution in [0, 0.1) is 19.3 Å². The summed E-state index contributed by atoms with van der Waals surface area (Å²) in [7, 11) is 0. The van der Waals surface area contributed by atoms with Gasteiger partial charge in [0, 0.05) is 0 Å². The SMILES string of the molecule is Cc1ccc(C)c(OCCCC(C)(C)C(=O)O)c1O. The van der Waals surface area contributed by atoms with E-state index in [1.165, 1.54) is 0 Å². The number of benzene rings is 1. The summed E-state index contributed by atoms with van der Waals surface area (Å²) in [5, 5.41) is 18.9. The van der Waals surface area contributed by atoms with Crippen LogP contribution >= 0.6 is 0 Å². The summed E-state index contributed by atoms with van der Waals surface area (Å²) in [4.78, 5) is 11.0. The highest BCUT2D eigenvalue weighted by molar-refractivity contribution is 5.73. The molecule has 0 amide bonds. The number of aromatic hydroxyl groups is 1. The molecule has 0 bridgehead atoms. The van der Waals surface area contributed by atoms with Gasteiger partial charge in [0.1, 0.15) is 0 Å². The van der Waals surface area contributed by atoms with Crippen LogP contribution in [0.4, 0.5) is 0 Å². The van der Waals surface area contributed by atoms with Gasteiger partial charge in [-0.1, -0.05) is 12.1 Å². The van der Waals surface area contributed by atoms with Crippen molar-refractivity contribution in [2.45, 2.75) is 40.5 Å². The maximum Gasteiger partial charge on any atom is 0.309 e. The average Bonchev–Trinajstić information content (AvgIpc) is 2.33. The lowest BCUT2D eigenvalue weighted by Gasteiger charge is -2.19. The summed E-state index contributed by atoms with van der Waals surface area (Å²) >= 11 is 0. The Morgan fingerprint density at radius 2 is 1.84 bits per heavy atom. The van der Waals surface area contributed by atoms with E-state index in [0.717, 1.165) is 11.1 Å². The maximum absolute atomic E-state index is 11.0. The van der Waals surface area contributed by atoms with Gasteiger partial charge in [-0.25, -0.2) is 0 Å². The molecule has 0 unspecified atom stereocenters. The second-order valence-corrected chi connectivity index (χ2v) is 5.52. The minimum Gasteiger partial charge on any atom is -0.504 e. The van der Waals surface area contributed by atoms with E-state index in [0.29, 0.717) is 25.2 Å². The lowest BCUT2D eigenvalue weighted by Crippen LogP contribution is -2.24. The topological polar surface area (TPSA) is 66.8 Å². The Hall–Kier alpha value is -1.71. The predicted molar refractivity (Wildman–Crippen MR) is 73.7 cm³/mol. The van der Waals surface area contributed by atoms with Gasteiger partial charge >= 0.3 is 5.97 Å². The molecule has 19 heavy (non-hydrogen) atoms. The van der Waals surface area contributed by atoms with Crippen LogP contribution in [0.5, 0.6) is 11.5 Å². The Kier molecular flexibility index (Phi) is 4.81. The predicted octanol–water partition coefficient (Wildman–Crippen LogP) is 3.28. The molecule has 1 aromatic rings. The van der Waals surface area contributed by atoms with Crippen molar-refractivity contribution in [3.05, 3.63) is 23.3 Å². The molecule has 2 N–H and O–H groups in total. The number of carboxylic acid groups (broad SMARTS) is 1. The van der Waals surface area contributed by atoms with Gasteiger partial charge in [0.05, 0.1) is 12.0 Å². The zero-order chi connectivity index (χ0) is 14.6. The molecule has 0 radical (unpaired) electrons. The molecule has 0 atom stereocenters. The number of hydrogen-bond acceptors (Lipinski definition) is 3. The van der Waals surface area contributed by atoms with Crippen molar-refractivity contribution >= 4 is 5.97 Å². The fourth-order valence-electron chi connectivity index (χ4n) is 1.75. The van der Waals surface area contributed by atoms with Crippen LogP contribution in [0.25, 0.3) is 0 Å². The molecule has 0 saturated carbocycles. The zero-order valence-corrected chi connectivity index (χ0v) is 12.0. The van der Waals surface area contributed by atoms with Gasteiger partial charge < -0.3 is 14.9 Å². The minimum atomic E-state index is -0.804. The highest BCUT2D eigenvalue weighted by atomic mass is 16.5. The molecule has 106 valence electrons. The van der Waals surface area contributed by atoms with E-state index in [1.807, 2.05) is 26.0 Å². The molecule has 4 nitrogen and oxygen atoms in total. The lowest BCUT2D eigenvalue weighted by molar-refractivity contribution is -0.147. The molecule has 0 saturated heterocycles. The summed E-state index contributed by atoms with van der Waals surface area (Å²) in [5.74, 6) is -0.146. The van der Waals surface area contributed by atoms with E-state index < -0.39 is 11.4 Å². The molecule has 0 aliphatic rings. The first-order chi connectivity index (χ1) is 8.75. The van der Waals surface area contributed by atoms with Crippen LogP contribution in [0.2, 0.25) is 0 Å². The first-order valence-corrected chi connectivity index (χ1v) is 6.41. The molecule has 4 heteroatoms. The average molecular weight is 266 g/mol. The monoisotopic (exact) mass is 266 g/mol. The molecular weight excluding hydrogens is 244 g/mol. The summed E-state index contributed by atoms with van der Waals surface area (Å²) in [6.45, 7) is 7.48. The van der Waals surface area contributed by atoms with E-state index in [4.69, 9.17) is 9.84 Å². The largest absolute Gasteiger partial charge is 0.504 e. The maximum atomic E-state index is 11.0. The number of phenolic OH excluding ortho intramolecular Hbond substituents is 1. The van der Waals surface area contributed by atoms with Crippen molar-refractivity contribution in [2.24, 2.45) is 5.41 Å². The summed E-state index contributed by atoms with van der Waals surface area (Å²) in [5.41, 5.74) is 0.902.